The van der Waals surface area contributed by atoms with E-state index >= 15 is 0 Å². The molecule has 1 saturated carbocycles. The third kappa shape index (κ3) is 4.97. The molecule has 2 rings (SSSR count). The predicted octanol–water partition coefficient (Wildman–Crippen LogP) is 3.17. The molecule has 120 valence electrons. The molecule has 0 unspecified atom stereocenters. The lowest BCUT2D eigenvalue weighted by molar-refractivity contribution is -0.121. The second-order valence-electron chi connectivity index (χ2n) is 5.84. The Morgan fingerprint density at radius 3 is 2.68 bits per heavy atom. The fourth-order valence-corrected chi connectivity index (χ4v) is 3.36. The quantitative estimate of drug-likeness (QED) is 0.728. The van der Waals surface area contributed by atoms with Gasteiger partial charge in [0.1, 0.15) is 0 Å². The molecule has 5 heteroatoms. The van der Waals surface area contributed by atoms with E-state index in [4.69, 9.17) is 0 Å². The highest BCUT2D eigenvalue weighted by Crippen LogP contribution is 2.17. The van der Waals surface area contributed by atoms with Crippen LogP contribution < -0.4 is 10.6 Å². The summed E-state index contributed by atoms with van der Waals surface area (Å²) in [6.45, 7) is 2.36. The lowest BCUT2D eigenvalue weighted by Crippen LogP contribution is -2.38. The maximum Gasteiger partial charge on any atom is 0.252 e. The molecule has 1 fully saturated rings. The number of rotatable bonds is 5. The van der Waals surface area contributed by atoms with E-state index in [0.29, 0.717) is 24.6 Å². The van der Waals surface area contributed by atoms with Crippen LogP contribution in [0.3, 0.4) is 0 Å². The van der Waals surface area contributed by atoms with Gasteiger partial charge in [-0.1, -0.05) is 31.4 Å². The van der Waals surface area contributed by atoms with Crippen LogP contribution in [0.15, 0.2) is 18.2 Å². The van der Waals surface area contributed by atoms with Gasteiger partial charge in [-0.3, -0.25) is 9.59 Å². The summed E-state index contributed by atoms with van der Waals surface area (Å²) >= 11 is 2.18. The predicted molar refractivity (Wildman–Crippen MR) is 95.9 cm³/mol. The Bertz CT molecular complexity index is 539. The summed E-state index contributed by atoms with van der Waals surface area (Å²) in [4.78, 5) is 24.0. The first-order valence-electron chi connectivity index (χ1n) is 7.90. The average molecular weight is 414 g/mol. The molecule has 0 aliphatic heterocycles. The van der Waals surface area contributed by atoms with Crippen molar-refractivity contribution in [3.05, 3.63) is 32.9 Å². The van der Waals surface area contributed by atoms with Crippen LogP contribution in [0.5, 0.6) is 0 Å². The van der Waals surface area contributed by atoms with Crippen molar-refractivity contribution in [2.75, 3.05) is 6.54 Å². The normalized spacial score (nSPS) is 15.4. The SMILES string of the molecule is Cc1cccc(C(=O)NCCC(=O)NC2CCCCC2)c1I. The van der Waals surface area contributed by atoms with E-state index in [1.54, 1.807) is 0 Å². The zero-order chi connectivity index (χ0) is 15.9. The maximum absolute atomic E-state index is 12.1. The van der Waals surface area contributed by atoms with Gasteiger partial charge in [-0.05, 0) is 54.0 Å². The van der Waals surface area contributed by atoms with Crippen molar-refractivity contribution in [3.8, 4) is 0 Å². The van der Waals surface area contributed by atoms with Crippen LogP contribution in [-0.4, -0.2) is 24.4 Å². The molecule has 2 amide bonds. The van der Waals surface area contributed by atoms with Gasteiger partial charge in [-0.25, -0.2) is 0 Å². The molecule has 1 aliphatic rings. The average Bonchev–Trinajstić information content (AvgIpc) is 2.51. The minimum Gasteiger partial charge on any atom is -0.353 e. The highest BCUT2D eigenvalue weighted by atomic mass is 127. The van der Waals surface area contributed by atoms with E-state index in [9.17, 15) is 9.59 Å². The fraction of sp³-hybridized carbons (Fsp3) is 0.529. The van der Waals surface area contributed by atoms with Crippen LogP contribution in [0.4, 0.5) is 0 Å². The van der Waals surface area contributed by atoms with E-state index in [1.807, 2.05) is 25.1 Å². The Balaban J connectivity index is 1.74. The van der Waals surface area contributed by atoms with Gasteiger partial charge < -0.3 is 10.6 Å². The first-order chi connectivity index (χ1) is 10.6. The van der Waals surface area contributed by atoms with Crippen LogP contribution >= 0.6 is 22.6 Å². The van der Waals surface area contributed by atoms with Crippen molar-refractivity contribution in [2.45, 2.75) is 51.5 Å². The Morgan fingerprint density at radius 1 is 1.23 bits per heavy atom. The number of hydrogen-bond acceptors (Lipinski definition) is 2. The van der Waals surface area contributed by atoms with E-state index in [2.05, 4.69) is 33.2 Å². The highest BCUT2D eigenvalue weighted by Gasteiger charge is 2.16. The topological polar surface area (TPSA) is 58.2 Å². The monoisotopic (exact) mass is 414 g/mol. The van der Waals surface area contributed by atoms with Gasteiger partial charge in [0.15, 0.2) is 0 Å². The largest absolute Gasteiger partial charge is 0.353 e. The number of hydrogen-bond donors (Lipinski definition) is 2. The first-order valence-corrected chi connectivity index (χ1v) is 8.98. The number of carbonyl (C=O) groups excluding carboxylic acids is 2. The molecule has 4 nitrogen and oxygen atoms in total. The molecule has 22 heavy (non-hydrogen) atoms. The minimum absolute atomic E-state index is 0.0335. The summed E-state index contributed by atoms with van der Waals surface area (Å²) < 4.78 is 0.962. The van der Waals surface area contributed by atoms with E-state index in [-0.39, 0.29) is 11.8 Å². The molecule has 0 radical (unpaired) electrons. The van der Waals surface area contributed by atoms with Crippen LogP contribution in [0.25, 0.3) is 0 Å². The summed E-state index contributed by atoms with van der Waals surface area (Å²) in [6.07, 6.45) is 6.18. The van der Waals surface area contributed by atoms with Crippen molar-refractivity contribution in [3.63, 3.8) is 0 Å². The molecule has 0 bridgehead atoms. The van der Waals surface area contributed by atoms with Crippen molar-refractivity contribution in [1.29, 1.82) is 0 Å². The first kappa shape index (κ1) is 17.2. The van der Waals surface area contributed by atoms with Gasteiger partial charge in [-0.2, -0.15) is 0 Å². The third-order valence-corrected chi connectivity index (χ3v) is 5.48. The molecule has 0 aromatic heterocycles. The number of nitrogens with one attached hydrogen (secondary N) is 2. The number of amides is 2. The molecule has 0 spiro atoms. The van der Waals surface area contributed by atoms with Gasteiger partial charge in [0, 0.05) is 22.6 Å². The van der Waals surface area contributed by atoms with Crippen molar-refractivity contribution in [2.24, 2.45) is 0 Å². The Morgan fingerprint density at radius 2 is 1.95 bits per heavy atom. The molecule has 1 aliphatic carbocycles. The number of benzene rings is 1. The minimum atomic E-state index is -0.112. The van der Waals surface area contributed by atoms with Crippen LogP contribution in [0.1, 0.15) is 54.4 Å². The third-order valence-electron chi connectivity index (χ3n) is 4.04. The van der Waals surface area contributed by atoms with Gasteiger partial charge >= 0.3 is 0 Å². The number of halogens is 1. The lowest BCUT2D eigenvalue weighted by atomic mass is 9.95. The molecule has 1 aromatic carbocycles. The van der Waals surface area contributed by atoms with E-state index in [1.165, 1.54) is 19.3 Å². The van der Waals surface area contributed by atoms with Gasteiger partial charge in [0.05, 0.1) is 5.56 Å². The summed E-state index contributed by atoms with van der Waals surface area (Å²) in [5.41, 5.74) is 1.76. The summed E-state index contributed by atoms with van der Waals surface area (Å²) in [6, 6.07) is 6.00. The highest BCUT2D eigenvalue weighted by molar-refractivity contribution is 14.1. The smallest absolute Gasteiger partial charge is 0.252 e. The van der Waals surface area contributed by atoms with Crippen molar-refractivity contribution < 1.29 is 9.59 Å². The van der Waals surface area contributed by atoms with Crippen LogP contribution in [0, 0.1) is 10.5 Å². The molecule has 0 saturated heterocycles. The molecule has 1 aromatic rings. The lowest BCUT2D eigenvalue weighted by Gasteiger charge is -2.22. The zero-order valence-corrected chi connectivity index (χ0v) is 15.1. The summed E-state index contributed by atoms with van der Waals surface area (Å²) in [5, 5.41) is 5.89. The molecule has 0 atom stereocenters. The van der Waals surface area contributed by atoms with Crippen LogP contribution in [0.2, 0.25) is 0 Å². The van der Waals surface area contributed by atoms with Gasteiger partial charge in [0.25, 0.3) is 5.91 Å². The maximum atomic E-state index is 12.1. The fourth-order valence-electron chi connectivity index (χ4n) is 2.75. The zero-order valence-electron chi connectivity index (χ0n) is 13.0. The molecule has 2 N–H and O–H groups in total. The number of carbonyl (C=O) groups is 2. The van der Waals surface area contributed by atoms with E-state index in [0.717, 1.165) is 22.0 Å². The molecule has 0 heterocycles. The Kier molecular flexibility index (Phi) is 6.67. The Hall–Kier alpha value is -1.11. The second-order valence-corrected chi connectivity index (χ2v) is 6.92. The molecular formula is C17H23IN2O2. The standard InChI is InChI=1S/C17H23IN2O2/c1-12-6-5-9-14(16(12)18)17(22)19-11-10-15(21)20-13-7-3-2-4-8-13/h5-6,9,13H,2-4,7-8,10-11H2,1H3,(H,19,22)(H,20,21). The van der Waals surface area contributed by atoms with Gasteiger partial charge in [0.2, 0.25) is 5.91 Å². The number of aryl methyl sites for hydroxylation is 1. The van der Waals surface area contributed by atoms with Crippen molar-refractivity contribution >= 4 is 34.4 Å². The van der Waals surface area contributed by atoms with E-state index < -0.39 is 0 Å². The second kappa shape index (κ2) is 8.50. The summed E-state index contributed by atoms with van der Waals surface area (Å²) in [7, 11) is 0. The Labute approximate surface area is 145 Å². The summed E-state index contributed by atoms with van der Waals surface area (Å²) in [5.74, 6) is -0.0790. The van der Waals surface area contributed by atoms with Crippen molar-refractivity contribution in [1.82, 2.24) is 10.6 Å². The van der Waals surface area contributed by atoms with Gasteiger partial charge in [-0.15, -0.1) is 0 Å². The van der Waals surface area contributed by atoms with Crippen LogP contribution in [-0.2, 0) is 4.79 Å². The molecular weight excluding hydrogens is 391 g/mol.